The zero-order chi connectivity index (χ0) is 16.1. The van der Waals surface area contributed by atoms with Crippen LogP contribution in [0.5, 0.6) is 0 Å². The summed E-state index contributed by atoms with van der Waals surface area (Å²) in [6, 6.07) is 17.7. The van der Waals surface area contributed by atoms with Gasteiger partial charge in [-0.25, -0.2) is 0 Å². The summed E-state index contributed by atoms with van der Waals surface area (Å²) >= 11 is 7.68. The fraction of sp³-hybridized carbons (Fsp3) is 0.118. The molecule has 1 heterocycles. The fourth-order valence-corrected chi connectivity index (χ4v) is 2.76. The lowest BCUT2D eigenvalue weighted by molar-refractivity contribution is 0.730. The number of rotatable bonds is 5. The second-order valence-corrected chi connectivity index (χ2v) is 6.02. The summed E-state index contributed by atoms with van der Waals surface area (Å²) in [4.78, 5) is 0. The molecule has 0 atom stereocenters. The van der Waals surface area contributed by atoms with Crippen molar-refractivity contribution in [2.75, 3.05) is 6.26 Å². The Labute approximate surface area is 144 Å². The maximum atomic E-state index is 6.17. The van der Waals surface area contributed by atoms with Crippen LogP contribution in [0.2, 0.25) is 5.02 Å². The number of nitrogens with zero attached hydrogens (tertiary/aromatic N) is 4. The lowest BCUT2D eigenvalue weighted by Crippen LogP contribution is -2.01. The molecule has 0 fully saturated rings. The fourth-order valence-electron chi connectivity index (χ4n) is 2.13. The smallest absolute Gasteiger partial charge is 0.191 e. The monoisotopic (exact) mass is 342 g/mol. The van der Waals surface area contributed by atoms with E-state index < -0.39 is 0 Å². The lowest BCUT2D eigenvalue weighted by Gasteiger charge is -2.03. The molecule has 0 aliphatic heterocycles. The van der Waals surface area contributed by atoms with Gasteiger partial charge in [-0.1, -0.05) is 71.9 Å². The van der Waals surface area contributed by atoms with Crippen LogP contribution in [0.15, 0.2) is 64.9 Å². The van der Waals surface area contributed by atoms with Crippen molar-refractivity contribution in [1.82, 2.24) is 14.9 Å². The van der Waals surface area contributed by atoms with Crippen LogP contribution in [0.3, 0.4) is 0 Å². The Bertz CT molecular complexity index is 814. The topological polar surface area (TPSA) is 43.1 Å². The summed E-state index contributed by atoms with van der Waals surface area (Å²) in [6.45, 7) is 0. The zero-order valence-corrected chi connectivity index (χ0v) is 14.1. The zero-order valence-electron chi connectivity index (χ0n) is 12.6. The number of benzene rings is 2. The summed E-state index contributed by atoms with van der Waals surface area (Å²) < 4.78 is 1.76. The third-order valence-corrected chi connectivity index (χ3v) is 4.25. The number of hydrogen-bond acceptors (Lipinski definition) is 4. The molecule has 2 aromatic carbocycles. The van der Waals surface area contributed by atoms with Crippen molar-refractivity contribution in [2.45, 2.75) is 11.6 Å². The highest BCUT2D eigenvalue weighted by atomic mass is 35.5. The van der Waals surface area contributed by atoms with Gasteiger partial charge in [0.1, 0.15) is 0 Å². The van der Waals surface area contributed by atoms with E-state index in [0.29, 0.717) is 11.4 Å². The van der Waals surface area contributed by atoms with E-state index >= 15 is 0 Å². The second kappa shape index (κ2) is 7.44. The quantitative estimate of drug-likeness (QED) is 0.517. The van der Waals surface area contributed by atoms with Crippen LogP contribution >= 0.6 is 23.4 Å². The predicted octanol–water partition coefficient (Wildman–Crippen LogP) is 4.13. The Balaban J connectivity index is 1.91. The average Bonchev–Trinajstić information content (AvgIpc) is 2.97. The summed E-state index contributed by atoms with van der Waals surface area (Å²) in [5.74, 6) is 0.795. The van der Waals surface area contributed by atoms with Gasteiger partial charge in [0.2, 0.25) is 5.16 Å². The Morgan fingerprint density at radius 3 is 2.57 bits per heavy atom. The third-order valence-electron chi connectivity index (χ3n) is 3.28. The first kappa shape index (κ1) is 15.8. The molecular formula is C17H15ClN4S. The van der Waals surface area contributed by atoms with Crippen molar-refractivity contribution >= 4 is 29.6 Å². The van der Waals surface area contributed by atoms with E-state index in [4.69, 9.17) is 11.6 Å². The minimum Gasteiger partial charge on any atom is -0.191 e. The number of aromatic nitrogens is 3. The van der Waals surface area contributed by atoms with Crippen LogP contribution in [-0.2, 0) is 6.42 Å². The molecular weight excluding hydrogens is 328 g/mol. The first-order valence-electron chi connectivity index (χ1n) is 7.09. The van der Waals surface area contributed by atoms with Gasteiger partial charge in [0.15, 0.2) is 5.82 Å². The molecule has 0 saturated heterocycles. The molecule has 116 valence electrons. The molecule has 3 rings (SSSR count). The van der Waals surface area contributed by atoms with E-state index in [1.807, 2.05) is 48.7 Å². The normalized spacial score (nSPS) is 11.2. The van der Waals surface area contributed by atoms with Gasteiger partial charge in [-0.3, -0.25) is 0 Å². The number of hydrogen-bond donors (Lipinski definition) is 0. The van der Waals surface area contributed by atoms with Crippen molar-refractivity contribution in [3.63, 3.8) is 0 Å². The van der Waals surface area contributed by atoms with Gasteiger partial charge >= 0.3 is 0 Å². The molecule has 6 heteroatoms. The molecule has 3 aromatic rings. The van der Waals surface area contributed by atoms with Gasteiger partial charge in [-0.05, 0) is 17.9 Å². The lowest BCUT2D eigenvalue weighted by atomic mass is 10.1. The molecule has 0 bridgehead atoms. The molecule has 0 aliphatic carbocycles. The number of thioether (sulfide) groups is 1. The van der Waals surface area contributed by atoms with Crippen molar-refractivity contribution < 1.29 is 0 Å². The summed E-state index contributed by atoms with van der Waals surface area (Å²) in [6.07, 6.45) is 4.37. The molecule has 0 unspecified atom stereocenters. The Morgan fingerprint density at radius 1 is 1.09 bits per heavy atom. The Morgan fingerprint density at radius 2 is 1.83 bits per heavy atom. The van der Waals surface area contributed by atoms with E-state index in [2.05, 4.69) is 27.4 Å². The molecule has 0 radical (unpaired) electrons. The highest BCUT2D eigenvalue weighted by molar-refractivity contribution is 7.98. The first-order chi connectivity index (χ1) is 11.3. The Hall–Kier alpha value is -2.11. The van der Waals surface area contributed by atoms with Crippen LogP contribution in [0.4, 0.5) is 0 Å². The molecule has 23 heavy (non-hydrogen) atoms. The highest BCUT2D eigenvalue weighted by Crippen LogP contribution is 2.17. The maximum Gasteiger partial charge on any atom is 0.211 e. The van der Waals surface area contributed by atoms with Crippen molar-refractivity contribution in [1.29, 1.82) is 0 Å². The SMILES string of the molecule is CSc1nnc(Cc2ccccc2)n1/N=C\c1ccccc1Cl. The predicted molar refractivity (Wildman–Crippen MR) is 95.5 cm³/mol. The van der Waals surface area contributed by atoms with E-state index in [9.17, 15) is 0 Å². The van der Waals surface area contributed by atoms with Crippen LogP contribution in [0.25, 0.3) is 0 Å². The van der Waals surface area contributed by atoms with Crippen LogP contribution in [-0.4, -0.2) is 27.3 Å². The van der Waals surface area contributed by atoms with E-state index in [1.165, 1.54) is 17.3 Å². The molecule has 0 N–H and O–H groups in total. The van der Waals surface area contributed by atoms with Gasteiger partial charge in [0.25, 0.3) is 0 Å². The minimum absolute atomic E-state index is 0.666. The van der Waals surface area contributed by atoms with E-state index in [0.717, 1.165) is 16.5 Å². The molecule has 0 spiro atoms. The standard InChI is InChI=1S/C17H15ClN4S/c1-23-17-21-20-16(11-13-7-3-2-4-8-13)22(17)19-12-14-9-5-6-10-15(14)18/h2-10,12H,11H2,1H3/b19-12-. The van der Waals surface area contributed by atoms with Crippen molar-refractivity contribution in [2.24, 2.45) is 5.10 Å². The van der Waals surface area contributed by atoms with E-state index in [-0.39, 0.29) is 0 Å². The van der Waals surface area contributed by atoms with Crippen molar-refractivity contribution in [3.05, 3.63) is 76.6 Å². The first-order valence-corrected chi connectivity index (χ1v) is 8.69. The second-order valence-electron chi connectivity index (χ2n) is 4.84. The van der Waals surface area contributed by atoms with E-state index in [1.54, 1.807) is 10.9 Å². The summed E-state index contributed by atoms with van der Waals surface area (Å²) in [7, 11) is 0. The highest BCUT2D eigenvalue weighted by Gasteiger charge is 2.11. The molecule has 4 nitrogen and oxygen atoms in total. The van der Waals surface area contributed by atoms with Crippen LogP contribution < -0.4 is 0 Å². The van der Waals surface area contributed by atoms with Gasteiger partial charge in [0.05, 0.1) is 6.21 Å². The molecule has 1 aromatic heterocycles. The van der Waals surface area contributed by atoms with Gasteiger partial charge in [0, 0.05) is 17.0 Å². The van der Waals surface area contributed by atoms with Crippen molar-refractivity contribution in [3.8, 4) is 0 Å². The third kappa shape index (κ3) is 3.81. The van der Waals surface area contributed by atoms with Gasteiger partial charge < -0.3 is 0 Å². The van der Waals surface area contributed by atoms with Gasteiger partial charge in [-0.15, -0.1) is 10.2 Å². The summed E-state index contributed by atoms with van der Waals surface area (Å²) in [5.41, 5.74) is 2.03. The molecule has 0 amide bonds. The van der Waals surface area contributed by atoms with Crippen LogP contribution in [0.1, 0.15) is 17.0 Å². The minimum atomic E-state index is 0.666. The van der Waals surface area contributed by atoms with Gasteiger partial charge in [-0.2, -0.15) is 9.78 Å². The van der Waals surface area contributed by atoms with Crippen LogP contribution in [0, 0.1) is 0 Å². The molecule has 0 saturated carbocycles. The summed E-state index contributed by atoms with van der Waals surface area (Å²) in [5, 5.41) is 14.4. The maximum absolute atomic E-state index is 6.17. The molecule has 0 aliphatic rings. The number of halogens is 1. The largest absolute Gasteiger partial charge is 0.211 e. The Kier molecular flexibility index (Phi) is 5.10. The average molecular weight is 343 g/mol.